The molecule has 3 aromatic rings. The molecule has 5 rings (SSSR count). The molecule has 0 saturated carbocycles. The quantitative estimate of drug-likeness (QED) is 0.252. The third-order valence-corrected chi connectivity index (χ3v) is 7.27. The van der Waals surface area contributed by atoms with Gasteiger partial charge in [-0.3, -0.25) is 4.18 Å². The van der Waals surface area contributed by atoms with E-state index in [0.29, 0.717) is 23.0 Å². The Kier molecular flexibility index (Phi) is 7.83. The smallest absolute Gasteiger partial charge is 0.265 e. The lowest BCUT2D eigenvalue weighted by Crippen LogP contribution is -2.54. The molecule has 1 aromatic carbocycles. The number of pyridine rings is 1. The zero-order chi connectivity index (χ0) is 27.4. The van der Waals surface area contributed by atoms with Gasteiger partial charge in [-0.05, 0) is 49.1 Å². The summed E-state index contributed by atoms with van der Waals surface area (Å²) in [6, 6.07) is 14.1. The average Bonchev–Trinajstić information content (AvgIpc) is 3.19. The summed E-state index contributed by atoms with van der Waals surface area (Å²) in [4.78, 5) is 9.03. The Labute approximate surface area is 228 Å². The number of aromatic nitrogens is 3. The molecule has 2 aromatic heterocycles. The lowest BCUT2D eigenvalue weighted by molar-refractivity contribution is 0.0515. The first-order valence-electron chi connectivity index (χ1n) is 12.5. The molecule has 2 aliphatic rings. The molecule has 4 heterocycles. The van der Waals surface area contributed by atoms with E-state index >= 15 is 0 Å². The number of methoxy groups -OCH3 is 1. The van der Waals surface area contributed by atoms with Gasteiger partial charge in [-0.2, -0.15) is 8.42 Å². The van der Waals surface area contributed by atoms with Gasteiger partial charge < -0.3 is 25.0 Å². The van der Waals surface area contributed by atoms with Crippen molar-refractivity contribution in [3.8, 4) is 28.8 Å². The van der Waals surface area contributed by atoms with Gasteiger partial charge in [0, 0.05) is 49.7 Å². The van der Waals surface area contributed by atoms with Gasteiger partial charge in [-0.25, -0.2) is 4.98 Å². The molecule has 204 valence electrons. The van der Waals surface area contributed by atoms with E-state index in [9.17, 15) is 8.42 Å². The van der Waals surface area contributed by atoms with Gasteiger partial charge in [-0.1, -0.05) is 18.1 Å². The monoisotopic (exact) mass is 550 g/mol. The summed E-state index contributed by atoms with van der Waals surface area (Å²) >= 11 is 0. The molecule has 0 amide bonds. The number of nitrogen functional groups attached to an aromatic ring is 1. The van der Waals surface area contributed by atoms with Gasteiger partial charge in [0.1, 0.15) is 18.1 Å². The predicted molar refractivity (Wildman–Crippen MR) is 148 cm³/mol. The number of nitrogens with zero attached hydrogens (tertiary/aromatic N) is 5. The highest BCUT2D eigenvalue weighted by atomic mass is 32.2. The average molecular weight is 551 g/mol. The Bertz CT molecular complexity index is 1490. The first kappa shape index (κ1) is 26.7. The Morgan fingerprint density at radius 3 is 2.62 bits per heavy atom. The van der Waals surface area contributed by atoms with Crippen molar-refractivity contribution in [3.63, 3.8) is 0 Å². The normalized spacial score (nSPS) is 18.5. The van der Waals surface area contributed by atoms with Crippen LogP contribution in [0.3, 0.4) is 0 Å². The predicted octanol–water partition coefficient (Wildman–Crippen LogP) is 2.29. The SMILES string of the molecule is COCOc1ccccc1-c1cc(N2CC3CCC(C2)N3c2ccnc(C#CCOS(C)(=O)=O)c2)c(N)nn1. The van der Waals surface area contributed by atoms with Crippen molar-refractivity contribution in [2.75, 3.05) is 55.4 Å². The molecule has 11 nitrogen and oxygen atoms in total. The Hall–Kier alpha value is -3.92. The van der Waals surface area contributed by atoms with E-state index in [4.69, 9.17) is 15.2 Å². The van der Waals surface area contributed by atoms with E-state index in [1.54, 1.807) is 13.3 Å². The molecule has 2 saturated heterocycles. The van der Waals surface area contributed by atoms with Gasteiger partial charge in [0.2, 0.25) is 0 Å². The number of hydrogen-bond donors (Lipinski definition) is 1. The second-order valence-electron chi connectivity index (χ2n) is 9.41. The molecule has 0 radical (unpaired) electrons. The number of anilines is 3. The fourth-order valence-corrected chi connectivity index (χ4v) is 5.41. The van der Waals surface area contributed by atoms with Crippen LogP contribution in [0, 0.1) is 11.8 Å². The van der Waals surface area contributed by atoms with Crippen LogP contribution in [0.5, 0.6) is 5.75 Å². The molecule has 2 bridgehead atoms. The first-order valence-corrected chi connectivity index (χ1v) is 14.3. The fourth-order valence-electron chi connectivity index (χ4n) is 5.14. The highest BCUT2D eigenvalue weighted by Crippen LogP contribution is 2.39. The summed E-state index contributed by atoms with van der Waals surface area (Å²) in [7, 11) is -1.95. The van der Waals surface area contributed by atoms with Gasteiger partial charge >= 0.3 is 0 Å². The summed E-state index contributed by atoms with van der Waals surface area (Å²) in [5.41, 5.74) is 10.3. The minimum Gasteiger partial charge on any atom is -0.467 e. The second kappa shape index (κ2) is 11.4. The number of hydrogen-bond acceptors (Lipinski definition) is 11. The van der Waals surface area contributed by atoms with Crippen LogP contribution in [0.1, 0.15) is 18.5 Å². The van der Waals surface area contributed by atoms with Crippen molar-refractivity contribution in [1.29, 1.82) is 0 Å². The van der Waals surface area contributed by atoms with Crippen molar-refractivity contribution in [2.24, 2.45) is 0 Å². The molecule has 2 atom stereocenters. The number of benzene rings is 1. The number of nitrogens with two attached hydrogens (primary N) is 1. The topological polar surface area (TPSA) is 133 Å². The molecule has 2 unspecified atom stereocenters. The van der Waals surface area contributed by atoms with Gasteiger partial charge in [0.15, 0.2) is 12.6 Å². The van der Waals surface area contributed by atoms with Crippen LogP contribution in [0.4, 0.5) is 17.2 Å². The Morgan fingerprint density at radius 1 is 1.10 bits per heavy atom. The maximum atomic E-state index is 11.1. The van der Waals surface area contributed by atoms with E-state index in [0.717, 1.165) is 49.1 Å². The lowest BCUT2D eigenvalue weighted by Gasteiger charge is -2.43. The van der Waals surface area contributed by atoms with Crippen LogP contribution >= 0.6 is 0 Å². The largest absolute Gasteiger partial charge is 0.467 e. The van der Waals surface area contributed by atoms with Gasteiger partial charge in [-0.15, -0.1) is 10.2 Å². The summed E-state index contributed by atoms with van der Waals surface area (Å²) in [6.07, 6.45) is 4.82. The van der Waals surface area contributed by atoms with E-state index in [2.05, 4.69) is 41.0 Å². The highest BCUT2D eigenvalue weighted by molar-refractivity contribution is 7.86. The molecule has 0 aliphatic carbocycles. The number of ether oxygens (including phenoxy) is 2. The van der Waals surface area contributed by atoms with Crippen molar-refractivity contribution >= 4 is 27.3 Å². The minimum atomic E-state index is -3.53. The third kappa shape index (κ3) is 6.22. The van der Waals surface area contributed by atoms with Crippen molar-refractivity contribution in [1.82, 2.24) is 15.2 Å². The summed E-state index contributed by atoms with van der Waals surface area (Å²) in [5, 5.41) is 8.62. The molecule has 2 aliphatic heterocycles. The van der Waals surface area contributed by atoms with Crippen LogP contribution in [-0.4, -0.2) is 75.5 Å². The van der Waals surface area contributed by atoms with Crippen molar-refractivity contribution in [3.05, 3.63) is 54.4 Å². The number of fused-ring (bicyclic) bond motifs is 2. The number of para-hydroxylation sites is 1. The van der Waals surface area contributed by atoms with E-state index in [1.165, 1.54) is 0 Å². The number of piperazine rings is 1. The van der Waals surface area contributed by atoms with Crippen LogP contribution in [0.2, 0.25) is 0 Å². The molecule has 12 heteroatoms. The summed E-state index contributed by atoms with van der Waals surface area (Å²) in [5.74, 6) is 6.65. The van der Waals surface area contributed by atoms with E-state index in [1.807, 2.05) is 42.5 Å². The maximum absolute atomic E-state index is 11.1. The zero-order valence-electron chi connectivity index (χ0n) is 21.8. The molecule has 0 spiro atoms. The van der Waals surface area contributed by atoms with Gasteiger partial charge in [0.05, 0.1) is 17.6 Å². The lowest BCUT2D eigenvalue weighted by atomic mass is 10.1. The molecular formula is C27H30N6O5S. The number of rotatable bonds is 8. The standard InChI is InChI=1S/C27H30N6O5S/c1-36-18-37-26-8-4-3-7-23(26)24-15-25(27(28)31-30-24)32-16-21-9-10-22(17-32)33(21)20-11-12-29-19(14-20)6-5-13-38-39(2,34)35/h3-4,7-8,11-12,14-15,21-22H,9-10,13,16-18H2,1-2H3,(H2,28,31). The molecule has 2 N–H and O–H groups in total. The van der Waals surface area contributed by atoms with E-state index < -0.39 is 10.1 Å². The third-order valence-electron chi connectivity index (χ3n) is 6.72. The van der Waals surface area contributed by atoms with Crippen molar-refractivity contribution in [2.45, 2.75) is 24.9 Å². The highest BCUT2D eigenvalue weighted by Gasteiger charge is 2.40. The minimum absolute atomic E-state index is 0.133. The summed E-state index contributed by atoms with van der Waals surface area (Å²) < 4.78 is 37.8. The molecule has 2 fully saturated rings. The zero-order valence-corrected chi connectivity index (χ0v) is 22.6. The maximum Gasteiger partial charge on any atom is 0.265 e. The van der Waals surface area contributed by atoms with E-state index in [-0.39, 0.29) is 25.5 Å². The Morgan fingerprint density at radius 2 is 1.87 bits per heavy atom. The van der Waals surface area contributed by atoms with Crippen molar-refractivity contribution < 1.29 is 22.1 Å². The molecular weight excluding hydrogens is 520 g/mol. The second-order valence-corrected chi connectivity index (χ2v) is 11.1. The van der Waals surface area contributed by atoms with Crippen LogP contribution in [0.15, 0.2) is 48.7 Å². The molecule has 39 heavy (non-hydrogen) atoms. The Balaban J connectivity index is 1.34. The van der Waals surface area contributed by atoms with Crippen LogP contribution < -0.4 is 20.3 Å². The fraction of sp³-hybridized carbons (Fsp3) is 0.370. The van der Waals surface area contributed by atoms with Crippen LogP contribution in [-0.2, 0) is 19.0 Å². The summed E-state index contributed by atoms with van der Waals surface area (Å²) in [6.45, 7) is 1.48. The van der Waals surface area contributed by atoms with Gasteiger partial charge in [0.25, 0.3) is 10.1 Å². The first-order chi connectivity index (χ1) is 18.8. The van der Waals surface area contributed by atoms with Crippen LogP contribution in [0.25, 0.3) is 11.3 Å².